The first-order valence-corrected chi connectivity index (χ1v) is 36.1. The van der Waals surface area contributed by atoms with Gasteiger partial charge in [-0.05, 0) is 70.6 Å². The van der Waals surface area contributed by atoms with E-state index in [0.717, 1.165) is 89.9 Å². The highest BCUT2D eigenvalue weighted by Gasteiger charge is 2.19. The molecule has 1 unspecified atom stereocenters. The van der Waals surface area contributed by atoms with E-state index in [4.69, 9.17) is 14.2 Å². The Morgan fingerprint density at radius 2 is 0.470 bits per heavy atom. The topological polar surface area (TPSA) is 78.9 Å². The van der Waals surface area contributed by atoms with E-state index in [0.29, 0.717) is 19.3 Å². The molecule has 1 atom stereocenters. The third-order valence-corrected chi connectivity index (χ3v) is 15.9. The average Bonchev–Trinajstić information content (AvgIpc) is 3.49. The monoisotopic (exact) mass is 1160 g/mol. The van der Waals surface area contributed by atoms with Crippen molar-refractivity contribution in [3.05, 3.63) is 85.1 Å². The minimum atomic E-state index is -0.806. The van der Waals surface area contributed by atoms with Gasteiger partial charge in [0, 0.05) is 19.3 Å². The number of carbonyl (C=O) groups is 3. The molecule has 0 aliphatic carbocycles. The second-order valence-electron chi connectivity index (χ2n) is 24.1. The van der Waals surface area contributed by atoms with Crippen molar-refractivity contribution >= 4 is 17.9 Å². The van der Waals surface area contributed by atoms with E-state index in [1.807, 2.05) is 0 Å². The summed E-state index contributed by atoms with van der Waals surface area (Å²) in [6.45, 7) is 6.53. The molecule has 0 spiro atoms. The van der Waals surface area contributed by atoms with Crippen LogP contribution in [0.2, 0.25) is 0 Å². The van der Waals surface area contributed by atoms with Crippen LogP contribution < -0.4 is 0 Å². The van der Waals surface area contributed by atoms with Crippen LogP contribution in [0.3, 0.4) is 0 Å². The summed E-state index contributed by atoms with van der Waals surface area (Å²) >= 11 is 0. The van der Waals surface area contributed by atoms with Gasteiger partial charge in [0.1, 0.15) is 13.2 Å². The molecule has 0 rings (SSSR count). The molecule has 0 aromatic carbocycles. The van der Waals surface area contributed by atoms with Crippen molar-refractivity contribution in [1.82, 2.24) is 0 Å². The highest BCUT2D eigenvalue weighted by atomic mass is 16.6. The van der Waals surface area contributed by atoms with Gasteiger partial charge in [-0.1, -0.05) is 363 Å². The average molecular weight is 1160 g/mol. The maximum atomic E-state index is 12.9. The molecule has 0 bridgehead atoms. The highest BCUT2D eigenvalue weighted by Crippen LogP contribution is 2.18. The van der Waals surface area contributed by atoms with E-state index in [1.165, 1.54) is 231 Å². The maximum absolute atomic E-state index is 12.9. The van der Waals surface area contributed by atoms with Crippen LogP contribution >= 0.6 is 0 Å². The van der Waals surface area contributed by atoms with Gasteiger partial charge in [0.2, 0.25) is 0 Å². The van der Waals surface area contributed by atoms with Crippen molar-refractivity contribution < 1.29 is 28.6 Å². The van der Waals surface area contributed by atoms with Crippen LogP contribution in [0.4, 0.5) is 0 Å². The van der Waals surface area contributed by atoms with Crippen molar-refractivity contribution in [2.45, 2.75) is 374 Å². The summed E-state index contributed by atoms with van der Waals surface area (Å²) in [5.41, 5.74) is 0. The third-order valence-electron chi connectivity index (χ3n) is 15.9. The summed E-state index contributed by atoms with van der Waals surface area (Å²) in [4.78, 5) is 38.4. The molecule has 0 aromatic heterocycles. The van der Waals surface area contributed by atoms with Gasteiger partial charge >= 0.3 is 17.9 Å². The van der Waals surface area contributed by atoms with E-state index in [-0.39, 0.29) is 37.5 Å². The molecule has 6 heteroatoms. The molecule has 0 aliphatic heterocycles. The molecule has 0 amide bonds. The first kappa shape index (κ1) is 79.6. The maximum Gasteiger partial charge on any atom is 0.306 e. The summed E-state index contributed by atoms with van der Waals surface area (Å²) in [5.74, 6) is -0.937. The largest absolute Gasteiger partial charge is 0.462 e. The van der Waals surface area contributed by atoms with Crippen molar-refractivity contribution in [3.8, 4) is 0 Å². The van der Waals surface area contributed by atoms with Gasteiger partial charge in [0.05, 0.1) is 0 Å². The number of hydrogen-bond acceptors (Lipinski definition) is 6. The molecule has 0 aromatic rings. The number of hydrogen-bond donors (Lipinski definition) is 0. The number of allylic oxidation sites excluding steroid dienone is 14. The Hall–Kier alpha value is -3.41. The Morgan fingerprint density at radius 3 is 0.723 bits per heavy atom. The fraction of sp³-hybridized carbons (Fsp3) is 0.779. The summed E-state index contributed by atoms with van der Waals surface area (Å²) in [6, 6.07) is 0. The quantitative estimate of drug-likeness (QED) is 0.0261. The van der Waals surface area contributed by atoms with E-state index >= 15 is 0 Å². The molecular formula is C77H136O6. The van der Waals surface area contributed by atoms with Gasteiger partial charge in [0.15, 0.2) is 6.10 Å². The second kappa shape index (κ2) is 71.1. The van der Waals surface area contributed by atoms with Crippen LogP contribution in [0, 0.1) is 0 Å². The predicted molar refractivity (Wildman–Crippen MR) is 362 cm³/mol. The first-order chi connectivity index (χ1) is 41.0. The molecule has 0 fully saturated rings. The van der Waals surface area contributed by atoms with Crippen molar-refractivity contribution in [3.63, 3.8) is 0 Å². The van der Waals surface area contributed by atoms with Crippen molar-refractivity contribution in [2.75, 3.05) is 13.2 Å². The number of rotatable bonds is 66. The Balaban J connectivity index is 4.26. The number of ether oxygens (including phenoxy) is 3. The van der Waals surface area contributed by atoms with E-state index < -0.39 is 6.10 Å². The van der Waals surface area contributed by atoms with Gasteiger partial charge in [-0.15, -0.1) is 0 Å². The molecule has 0 saturated heterocycles. The molecule has 0 heterocycles. The van der Waals surface area contributed by atoms with Crippen LogP contribution in [0.5, 0.6) is 0 Å². The smallest absolute Gasteiger partial charge is 0.306 e. The summed E-state index contributed by atoms with van der Waals surface area (Å²) in [5, 5.41) is 0. The number of unbranched alkanes of at least 4 members (excludes halogenated alkanes) is 41. The lowest BCUT2D eigenvalue weighted by molar-refractivity contribution is -0.167. The number of esters is 3. The molecule has 83 heavy (non-hydrogen) atoms. The molecule has 480 valence electrons. The molecule has 0 N–H and O–H groups in total. The van der Waals surface area contributed by atoms with Crippen molar-refractivity contribution in [2.24, 2.45) is 0 Å². The zero-order valence-corrected chi connectivity index (χ0v) is 55.2. The van der Waals surface area contributed by atoms with E-state index in [2.05, 4.69) is 106 Å². The van der Waals surface area contributed by atoms with Crippen LogP contribution in [0.1, 0.15) is 367 Å². The molecule has 0 aliphatic rings. The highest BCUT2D eigenvalue weighted by molar-refractivity contribution is 5.71. The fourth-order valence-electron chi connectivity index (χ4n) is 10.6. The second-order valence-corrected chi connectivity index (χ2v) is 24.1. The third kappa shape index (κ3) is 69.3. The summed E-state index contributed by atoms with van der Waals surface area (Å²) in [6.07, 6.45) is 95.0. The SMILES string of the molecule is CC/C=C\C/C=C\C/C=C\C/C=C\C/C=C\C/C=C\C/C=C\CCCC(=O)OC(COC(=O)CCCCCCCCCCCCCC)COC(=O)CCCCCCCCCCCCCCCCCCCCCCCCCCCCCCCC. The lowest BCUT2D eigenvalue weighted by Gasteiger charge is -2.18. The Kier molecular flexibility index (Phi) is 68.2. The van der Waals surface area contributed by atoms with Gasteiger partial charge in [-0.3, -0.25) is 14.4 Å². The first-order valence-electron chi connectivity index (χ1n) is 36.1. The van der Waals surface area contributed by atoms with Crippen molar-refractivity contribution in [1.29, 1.82) is 0 Å². The predicted octanol–water partition coefficient (Wildman–Crippen LogP) is 25.0. The Labute approximate surface area is 515 Å². The van der Waals surface area contributed by atoms with Crippen LogP contribution in [0.25, 0.3) is 0 Å². The normalized spacial score (nSPS) is 12.6. The summed E-state index contributed by atoms with van der Waals surface area (Å²) in [7, 11) is 0. The van der Waals surface area contributed by atoms with Crippen LogP contribution in [-0.4, -0.2) is 37.2 Å². The van der Waals surface area contributed by atoms with Crippen LogP contribution in [-0.2, 0) is 28.6 Å². The Bertz CT molecular complexity index is 1570. The zero-order valence-electron chi connectivity index (χ0n) is 55.2. The lowest BCUT2D eigenvalue weighted by atomic mass is 10.0. The minimum absolute atomic E-state index is 0.0953. The van der Waals surface area contributed by atoms with Gasteiger partial charge in [-0.2, -0.15) is 0 Å². The minimum Gasteiger partial charge on any atom is -0.462 e. The molecule has 0 saturated carbocycles. The summed E-state index contributed by atoms with van der Waals surface area (Å²) < 4.78 is 16.9. The lowest BCUT2D eigenvalue weighted by Crippen LogP contribution is -2.30. The molecule has 6 nitrogen and oxygen atoms in total. The van der Waals surface area contributed by atoms with E-state index in [9.17, 15) is 14.4 Å². The fourth-order valence-corrected chi connectivity index (χ4v) is 10.6. The number of carbonyl (C=O) groups excluding carboxylic acids is 3. The molecule has 0 radical (unpaired) electrons. The van der Waals surface area contributed by atoms with Gasteiger partial charge < -0.3 is 14.2 Å². The van der Waals surface area contributed by atoms with E-state index in [1.54, 1.807) is 0 Å². The Morgan fingerprint density at radius 1 is 0.253 bits per heavy atom. The standard InChI is InChI=1S/C77H136O6/c1-4-7-10-13-16-19-22-25-27-29-31-33-35-36-37-38-39-40-41-43-44-46-48-50-52-55-58-61-64-67-70-76(79)82-73-74(72-81-75(78)69-66-63-60-57-54-24-21-18-15-12-9-6-3)83-77(80)71-68-65-62-59-56-53-51-49-47-45-42-34-32-30-28-26-23-20-17-14-11-8-5-2/h8,11,17,20,26,28,32,34,45,47,51,53,59,62,74H,4-7,9-10,12-16,18-19,21-25,27,29-31,33,35-44,46,48-50,52,54-58,60-61,63-73H2,1-3H3/b11-8-,20-17-,28-26-,34-32-,47-45-,53-51-,62-59-. The van der Waals surface area contributed by atoms with Gasteiger partial charge in [0.25, 0.3) is 0 Å². The van der Waals surface area contributed by atoms with Gasteiger partial charge in [-0.25, -0.2) is 0 Å². The zero-order chi connectivity index (χ0) is 59.9. The molecular weight excluding hydrogens is 1020 g/mol. The van der Waals surface area contributed by atoms with Crippen LogP contribution in [0.15, 0.2) is 85.1 Å².